The Morgan fingerprint density at radius 1 is 1.45 bits per heavy atom. The fourth-order valence-electron chi connectivity index (χ4n) is 2.52. The Hall–Kier alpha value is -0.570. The predicted octanol–water partition coefficient (Wildman–Crippen LogP) is 0.335. The van der Waals surface area contributed by atoms with E-state index >= 15 is 0 Å². The minimum Gasteiger partial charge on any atom is -0.459 e. The maximum atomic E-state index is 11.1. The lowest BCUT2D eigenvalue weighted by molar-refractivity contribution is -0.144. The summed E-state index contributed by atoms with van der Waals surface area (Å²) >= 11 is 0. The molecule has 2 bridgehead atoms. The van der Waals surface area contributed by atoms with E-state index in [-0.39, 0.29) is 24.1 Å². The Balaban J connectivity index is 2.04. The van der Waals surface area contributed by atoms with E-state index in [0.717, 1.165) is 6.42 Å². The van der Waals surface area contributed by atoms with Gasteiger partial charge in [0.25, 0.3) is 0 Å². The first kappa shape index (κ1) is 6.00. The SMILES string of the molecule is C[C@@H]1C2OC(=O)C3C[C@@H]1OC32. The summed E-state index contributed by atoms with van der Waals surface area (Å²) in [6.07, 6.45) is 1.36. The van der Waals surface area contributed by atoms with Crippen molar-refractivity contribution >= 4 is 5.97 Å². The molecule has 3 fully saturated rings. The molecular formula is C8H10O3. The van der Waals surface area contributed by atoms with Gasteiger partial charge < -0.3 is 9.47 Å². The van der Waals surface area contributed by atoms with Crippen molar-refractivity contribution < 1.29 is 14.3 Å². The van der Waals surface area contributed by atoms with Crippen LogP contribution in [0.2, 0.25) is 0 Å². The van der Waals surface area contributed by atoms with Gasteiger partial charge in [0, 0.05) is 5.92 Å². The number of hydrogen-bond acceptors (Lipinski definition) is 3. The van der Waals surface area contributed by atoms with Crippen molar-refractivity contribution in [1.82, 2.24) is 0 Å². The van der Waals surface area contributed by atoms with E-state index in [2.05, 4.69) is 6.92 Å². The number of ether oxygens (including phenoxy) is 2. The molecule has 3 saturated heterocycles. The molecule has 3 unspecified atom stereocenters. The second kappa shape index (κ2) is 1.61. The molecule has 0 N–H and O–H groups in total. The highest BCUT2D eigenvalue weighted by atomic mass is 16.6. The summed E-state index contributed by atoms with van der Waals surface area (Å²) in [6.45, 7) is 2.10. The lowest BCUT2D eigenvalue weighted by atomic mass is 9.83. The molecule has 3 aliphatic heterocycles. The van der Waals surface area contributed by atoms with Crippen LogP contribution in [0, 0.1) is 11.8 Å². The monoisotopic (exact) mass is 154 g/mol. The van der Waals surface area contributed by atoms with E-state index in [1.165, 1.54) is 0 Å². The van der Waals surface area contributed by atoms with Gasteiger partial charge >= 0.3 is 5.97 Å². The molecule has 3 rings (SSSR count). The van der Waals surface area contributed by atoms with Crippen LogP contribution in [0.15, 0.2) is 0 Å². The first-order valence-electron chi connectivity index (χ1n) is 4.13. The highest BCUT2D eigenvalue weighted by Crippen LogP contribution is 2.48. The lowest BCUT2D eigenvalue weighted by Crippen LogP contribution is -2.29. The first-order chi connectivity index (χ1) is 5.27. The van der Waals surface area contributed by atoms with Crippen LogP contribution in [-0.4, -0.2) is 24.3 Å². The minimum atomic E-state index is -0.0353. The summed E-state index contributed by atoms with van der Waals surface area (Å²) in [5.41, 5.74) is 0. The normalized spacial score (nSPS) is 58.6. The summed E-state index contributed by atoms with van der Waals surface area (Å²) in [7, 11) is 0. The van der Waals surface area contributed by atoms with Crippen molar-refractivity contribution in [3.63, 3.8) is 0 Å². The van der Waals surface area contributed by atoms with Crippen LogP contribution >= 0.6 is 0 Å². The van der Waals surface area contributed by atoms with E-state index in [1.54, 1.807) is 0 Å². The maximum absolute atomic E-state index is 11.1. The highest BCUT2D eigenvalue weighted by Gasteiger charge is 2.61. The Bertz CT molecular complexity index is 225. The van der Waals surface area contributed by atoms with Crippen LogP contribution in [0.3, 0.4) is 0 Å². The van der Waals surface area contributed by atoms with E-state index in [4.69, 9.17) is 9.47 Å². The van der Waals surface area contributed by atoms with Gasteiger partial charge in [0.2, 0.25) is 0 Å². The van der Waals surface area contributed by atoms with Crippen LogP contribution in [0.5, 0.6) is 0 Å². The molecule has 0 aromatic carbocycles. The van der Waals surface area contributed by atoms with E-state index in [0.29, 0.717) is 12.0 Å². The third-order valence-electron chi connectivity index (χ3n) is 3.20. The number of esters is 1. The molecule has 11 heavy (non-hydrogen) atoms. The van der Waals surface area contributed by atoms with Gasteiger partial charge in [0.05, 0.1) is 12.0 Å². The van der Waals surface area contributed by atoms with Crippen molar-refractivity contribution in [2.75, 3.05) is 0 Å². The number of hydrogen-bond donors (Lipinski definition) is 0. The quantitative estimate of drug-likeness (QED) is 0.472. The van der Waals surface area contributed by atoms with Crippen LogP contribution in [0.25, 0.3) is 0 Å². The molecule has 3 nitrogen and oxygen atoms in total. The van der Waals surface area contributed by atoms with E-state index in [9.17, 15) is 4.79 Å². The van der Waals surface area contributed by atoms with Crippen molar-refractivity contribution in [2.24, 2.45) is 11.8 Å². The highest BCUT2D eigenvalue weighted by molar-refractivity contribution is 5.77. The molecule has 0 radical (unpaired) electrons. The first-order valence-corrected chi connectivity index (χ1v) is 4.13. The van der Waals surface area contributed by atoms with Crippen LogP contribution in [-0.2, 0) is 14.3 Å². The van der Waals surface area contributed by atoms with Gasteiger partial charge in [-0.2, -0.15) is 0 Å². The van der Waals surface area contributed by atoms with Crippen LogP contribution < -0.4 is 0 Å². The lowest BCUT2D eigenvalue weighted by Gasteiger charge is -2.16. The molecular weight excluding hydrogens is 144 g/mol. The Labute approximate surface area is 64.7 Å². The molecule has 3 heterocycles. The molecule has 60 valence electrons. The summed E-state index contributed by atoms with van der Waals surface area (Å²) in [4.78, 5) is 11.1. The van der Waals surface area contributed by atoms with E-state index < -0.39 is 0 Å². The van der Waals surface area contributed by atoms with Gasteiger partial charge in [-0.3, -0.25) is 4.79 Å². The fraction of sp³-hybridized carbons (Fsp3) is 0.875. The molecule has 0 aliphatic carbocycles. The Kier molecular flexibility index (Phi) is 0.876. The zero-order valence-electron chi connectivity index (χ0n) is 6.32. The topological polar surface area (TPSA) is 35.5 Å². The molecule has 3 heteroatoms. The molecule has 0 saturated carbocycles. The standard InChI is InChI=1S/C8H10O3/c1-3-5-2-4-7(10-5)6(3)11-8(4)9/h3-7H,2H2,1H3/t3-,4?,5-,6?,7?/m0/s1. The summed E-state index contributed by atoms with van der Waals surface area (Å²) in [5, 5.41) is 0. The number of fused-ring (bicyclic) bond motifs is 1. The summed E-state index contributed by atoms with van der Waals surface area (Å²) in [6, 6.07) is 0. The zero-order chi connectivity index (χ0) is 7.59. The molecule has 0 aromatic rings. The van der Waals surface area contributed by atoms with Gasteiger partial charge in [0.15, 0.2) is 0 Å². The molecule has 0 spiro atoms. The van der Waals surface area contributed by atoms with Crippen molar-refractivity contribution in [2.45, 2.75) is 31.7 Å². The summed E-state index contributed by atoms with van der Waals surface area (Å²) in [5.74, 6) is 0.454. The zero-order valence-corrected chi connectivity index (χ0v) is 6.32. The van der Waals surface area contributed by atoms with Crippen molar-refractivity contribution in [3.05, 3.63) is 0 Å². The Morgan fingerprint density at radius 2 is 2.27 bits per heavy atom. The molecule has 0 amide bonds. The van der Waals surface area contributed by atoms with Gasteiger partial charge in [-0.15, -0.1) is 0 Å². The molecule has 3 aliphatic rings. The Morgan fingerprint density at radius 3 is 2.91 bits per heavy atom. The smallest absolute Gasteiger partial charge is 0.312 e. The third-order valence-corrected chi connectivity index (χ3v) is 3.20. The van der Waals surface area contributed by atoms with Gasteiger partial charge in [0.1, 0.15) is 12.2 Å². The molecule has 5 atom stereocenters. The average molecular weight is 154 g/mol. The minimum absolute atomic E-state index is 0.0353. The van der Waals surface area contributed by atoms with Crippen molar-refractivity contribution in [1.29, 1.82) is 0 Å². The predicted molar refractivity (Wildman–Crippen MR) is 35.8 cm³/mol. The second-order valence-corrected chi connectivity index (χ2v) is 3.74. The van der Waals surface area contributed by atoms with E-state index in [1.807, 2.05) is 0 Å². The number of carbonyl (C=O) groups is 1. The fourth-order valence-corrected chi connectivity index (χ4v) is 2.52. The molecule has 0 aromatic heterocycles. The maximum Gasteiger partial charge on any atom is 0.312 e. The van der Waals surface area contributed by atoms with Gasteiger partial charge in [-0.05, 0) is 6.42 Å². The van der Waals surface area contributed by atoms with Gasteiger partial charge in [-0.25, -0.2) is 0 Å². The third kappa shape index (κ3) is 0.527. The second-order valence-electron chi connectivity index (χ2n) is 3.74. The average Bonchev–Trinajstić information content (AvgIpc) is 2.53. The largest absolute Gasteiger partial charge is 0.459 e. The van der Waals surface area contributed by atoms with Crippen molar-refractivity contribution in [3.8, 4) is 0 Å². The number of carbonyl (C=O) groups excluding carboxylic acids is 1. The van der Waals surface area contributed by atoms with Crippen LogP contribution in [0.4, 0.5) is 0 Å². The van der Waals surface area contributed by atoms with Crippen LogP contribution in [0.1, 0.15) is 13.3 Å². The number of rotatable bonds is 0. The summed E-state index contributed by atoms with van der Waals surface area (Å²) < 4.78 is 10.8. The van der Waals surface area contributed by atoms with Gasteiger partial charge in [-0.1, -0.05) is 6.92 Å².